The quantitative estimate of drug-likeness (QED) is 0.748. The molecule has 0 saturated carbocycles. The monoisotopic (exact) mass is 302 g/mol. The minimum Gasteiger partial charge on any atom is -0.368 e. The highest BCUT2D eigenvalue weighted by Gasteiger charge is 2.27. The number of hydrogen-bond donors (Lipinski definition) is 1. The molecule has 20 heavy (non-hydrogen) atoms. The first-order valence-corrected chi connectivity index (χ1v) is 8.33. The maximum atomic E-state index is 5.87. The lowest BCUT2D eigenvalue weighted by atomic mass is 10.0. The SMILES string of the molecule is CC1c2ccsc2CCN1c1nc(N)nc2sccc12. The third kappa shape index (κ3) is 1.72. The van der Waals surface area contributed by atoms with E-state index in [0.717, 1.165) is 29.0 Å². The number of nitrogens with zero attached hydrogens (tertiary/aromatic N) is 3. The van der Waals surface area contributed by atoms with E-state index in [1.165, 1.54) is 10.4 Å². The molecule has 3 aromatic heterocycles. The average Bonchev–Trinajstić information content (AvgIpc) is 3.06. The highest BCUT2D eigenvalue weighted by Crippen LogP contribution is 2.38. The summed E-state index contributed by atoms with van der Waals surface area (Å²) in [7, 11) is 0. The molecule has 6 heteroatoms. The van der Waals surface area contributed by atoms with E-state index in [9.17, 15) is 0 Å². The molecule has 4 nitrogen and oxygen atoms in total. The Kier molecular flexibility index (Phi) is 2.68. The van der Waals surface area contributed by atoms with E-state index < -0.39 is 0 Å². The van der Waals surface area contributed by atoms with Crippen LogP contribution in [0.4, 0.5) is 11.8 Å². The highest BCUT2D eigenvalue weighted by atomic mass is 32.1. The van der Waals surface area contributed by atoms with Gasteiger partial charge in [0.1, 0.15) is 10.6 Å². The number of thiophene rings is 2. The lowest BCUT2D eigenvalue weighted by molar-refractivity contribution is 0.627. The molecule has 0 bridgehead atoms. The van der Waals surface area contributed by atoms with Crippen molar-refractivity contribution in [3.8, 4) is 0 Å². The van der Waals surface area contributed by atoms with E-state index in [1.54, 1.807) is 11.3 Å². The molecular weight excluding hydrogens is 288 g/mol. The molecule has 1 unspecified atom stereocenters. The predicted octanol–water partition coefficient (Wildman–Crippen LogP) is 3.46. The van der Waals surface area contributed by atoms with Crippen molar-refractivity contribution in [2.45, 2.75) is 19.4 Å². The summed E-state index contributed by atoms with van der Waals surface area (Å²) in [5, 5.41) is 5.33. The summed E-state index contributed by atoms with van der Waals surface area (Å²) in [6.07, 6.45) is 1.08. The van der Waals surface area contributed by atoms with Crippen LogP contribution < -0.4 is 10.6 Å². The van der Waals surface area contributed by atoms with Crippen molar-refractivity contribution in [2.24, 2.45) is 0 Å². The number of nitrogens with two attached hydrogens (primary N) is 1. The molecule has 0 aromatic carbocycles. The predicted molar refractivity (Wildman–Crippen MR) is 85.6 cm³/mol. The Morgan fingerprint density at radius 2 is 2.10 bits per heavy atom. The second-order valence-corrected chi connectivity index (χ2v) is 6.86. The van der Waals surface area contributed by atoms with Crippen molar-refractivity contribution in [1.82, 2.24) is 9.97 Å². The summed E-state index contributed by atoms with van der Waals surface area (Å²) in [6.45, 7) is 3.22. The summed E-state index contributed by atoms with van der Waals surface area (Å²) in [6, 6.07) is 4.65. The van der Waals surface area contributed by atoms with E-state index in [-0.39, 0.29) is 0 Å². The third-order valence-electron chi connectivity index (χ3n) is 3.87. The van der Waals surface area contributed by atoms with Crippen LogP contribution in [0.3, 0.4) is 0 Å². The van der Waals surface area contributed by atoms with Crippen LogP contribution in [0.25, 0.3) is 10.2 Å². The number of anilines is 2. The largest absolute Gasteiger partial charge is 0.368 e. The molecule has 3 aromatic rings. The van der Waals surface area contributed by atoms with Crippen LogP contribution in [-0.4, -0.2) is 16.5 Å². The maximum Gasteiger partial charge on any atom is 0.223 e. The van der Waals surface area contributed by atoms with E-state index in [0.29, 0.717) is 12.0 Å². The van der Waals surface area contributed by atoms with Gasteiger partial charge < -0.3 is 10.6 Å². The fourth-order valence-corrected chi connectivity index (χ4v) is 4.60. The number of hydrogen-bond acceptors (Lipinski definition) is 6. The zero-order valence-electron chi connectivity index (χ0n) is 11.0. The van der Waals surface area contributed by atoms with Gasteiger partial charge in [-0.2, -0.15) is 4.98 Å². The number of nitrogen functional groups attached to an aromatic ring is 1. The van der Waals surface area contributed by atoms with Gasteiger partial charge in [0.15, 0.2) is 0 Å². The Balaban J connectivity index is 1.86. The van der Waals surface area contributed by atoms with E-state index in [1.807, 2.05) is 16.7 Å². The summed E-state index contributed by atoms with van der Waals surface area (Å²) in [4.78, 5) is 13.6. The molecule has 1 aliphatic heterocycles. The van der Waals surface area contributed by atoms with Crippen LogP contribution in [-0.2, 0) is 6.42 Å². The van der Waals surface area contributed by atoms with Gasteiger partial charge in [-0.25, -0.2) is 4.98 Å². The fourth-order valence-electron chi connectivity index (χ4n) is 2.87. The van der Waals surface area contributed by atoms with Gasteiger partial charge in [-0.1, -0.05) is 0 Å². The molecule has 0 saturated heterocycles. The van der Waals surface area contributed by atoms with Gasteiger partial charge in [0, 0.05) is 11.4 Å². The standard InChI is InChI=1S/C14H14N4S2/c1-8-9-3-6-19-11(9)2-5-18(8)12-10-4-7-20-13(10)17-14(15)16-12/h3-4,6-8H,2,5H2,1H3,(H2,15,16,17). The molecule has 0 amide bonds. The van der Waals surface area contributed by atoms with Crippen molar-refractivity contribution in [3.05, 3.63) is 33.3 Å². The first-order chi connectivity index (χ1) is 9.74. The maximum absolute atomic E-state index is 5.87. The molecule has 2 N–H and O–H groups in total. The second kappa shape index (κ2) is 4.43. The summed E-state index contributed by atoms with van der Waals surface area (Å²) < 4.78 is 0. The summed E-state index contributed by atoms with van der Waals surface area (Å²) >= 11 is 3.47. The Morgan fingerprint density at radius 1 is 1.25 bits per heavy atom. The van der Waals surface area contributed by atoms with Crippen LogP contribution in [0.2, 0.25) is 0 Å². The highest BCUT2D eigenvalue weighted by molar-refractivity contribution is 7.16. The van der Waals surface area contributed by atoms with Gasteiger partial charge in [-0.15, -0.1) is 22.7 Å². The lowest BCUT2D eigenvalue weighted by Crippen LogP contribution is -2.34. The lowest BCUT2D eigenvalue weighted by Gasteiger charge is -2.35. The third-order valence-corrected chi connectivity index (χ3v) is 5.67. The Bertz CT molecular complexity index is 776. The van der Waals surface area contributed by atoms with Crippen molar-refractivity contribution < 1.29 is 0 Å². The van der Waals surface area contributed by atoms with Crippen molar-refractivity contribution in [2.75, 3.05) is 17.2 Å². The van der Waals surface area contributed by atoms with Crippen LogP contribution in [0, 0.1) is 0 Å². The van der Waals surface area contributed by atoms with E-state index >= 15 is 0 Å². The van der Waals surface area contributed by atoms with Gasteiger partial charge in [-0.05, 0) is 41.8 Å². The van der Waals surface area contributed by atoms with Crippen LogP contribution in [0.1, 0.15) is 23.4 Å². The molecule has 1 atom stereocenters. The Labute approximate surface area is 124 Å². The number of aromatic nitrogens is 2. The number of rotatable bonds is 1. The van der Waals surface area contributed by atoms with Gasteiger partial charge in [0.05, 0.1) is 11.4 Å². The fraction of sp³-hybridized carbons (Fsp3) is 0.286. The van der Waals surface area contributed by atoms with Gasteiger partial charge in [-0.3, -0.25) is 0 Å². The Morgan fingerprint density at radius 3 is 3.00 bits per heavy atom. The molecule has 1 aliphatic rings. The number of fused-ring (bicyclic) bond motifs is 2. The summed E-state index contributed by atoms with van der Waals surface area (Å²) in [5.41, 5.74) is 7.29. The zero-order chi connectivity index (χ0) is 13.7. The normalized spacial score (nSPS) is 18.4. The van der Waals surface area contributed by atoms with Gasteiger partial charge >= 0.3 is 0 Å². The molecule has 102 valence electrons. The minimum atomic E-state index is 0.336. The Hall–Kier alpha value is -1.66. The molecular formula is C14H14N4S2. The van der Waals surface area contributed by atoms with Gasteiger partial charge in [0.2, 0.25) is 5.95 Å². The molecule has 0 spiro atoms. The van der Waals surface area contributed by atoms with Crippen LogP contribution in [0.5, 0.6) is 0 Å². The molecule has 0 aliphatic carbocycles. The average molecular weight is 302 g/mol. The first-order valence-electron chi connectivity index (χ1n) is 6.57. The minimum absolute atomic E-state index is 0.336. The molecule has 4 rings (SSSR count). The van der Waals surface area contributed by atoms with E-state index in [2.05, 4.69) is 39.3 Å². The van der Waals surface area contributed by atoms with Crippen LogP contribution in [0.15, 0.2) is 22.9 Å². The topological polar surface area (TPSA) is 55.0 Å². The van der Waals surface area contributed by atoms with Crippen molar-refractivity contribution >= 4 is 44.7 Å². The second-order valence-electron chi connectivity index (χ2n) is 4.96. The molecule has 0 fully saturated rings. The van der Waals surface area contributed by atoms with Crippen molar-refractivity contribution in [1.29, 1.82) is 0 Å². The smallest absolute Gasteiger partial charge is 0.223 e. The molecule has 0 radical (unpaired) electrons. The van der Waals surface area contributed by atoms with Crippen LogP contribution >= 0.6 is 22.7 Å². The van der Waals surface area contributed by atoms with Crippen molar-refractivity contribution in [3.63, 3.8) is 0 Å². The van der Waals surface area contributed by atoms with Gasteiger partial charge in [0.25, 0.3) is 0 Å². The molecule has 4 heterocycles. The van der Waals surface area contributed by atoms with E-state index in [4.69, 9.17) is 5.73 Å². The first kappa shape index (κ1) is 12.1. The summed E-state index contributed by atoms with van der Waals surface area (Å²) in [5.74, 6) is 1.33. The zero-order valence-corrected chi connectivity index (χ0v) is 12.7.